The van der Waals surface area contributed by atoms with Gasteiger partial charge in [0, 0.05) is 42.0 Å². The summed E-state index contributed by atoms with van der Waals surface area (Å²) < 4.78 is 2.06. The molecule has 0 aromatic carbocycles. The van der Waals surface area contributed by atoms with Gasteiger partial charge in [0.25, 0.3) is 0 Å². The molecule has 4 heteroatoms. The Kier molecular flexibility index (Phi) is 5.03. The van der Waals surface area contributed by atoms with Gasteiger partial charge in [0.2, 0.25) is 0 Å². The van der Waals surface area contributed by atoms with Crippen LogP contribution >= 0.6 is 0 Å². The van der Waals surface area contributed by atoms with Gasteiger partial charge in [0.1, 0.15) is 0 Å². The topological polar surface area (TPSA) is 41.9 Å². The Morgan fingerprint density at radius 2 is 1.73 bits per heavy atom. The zero-order chi connectivity index (χ0) is 16.5. The van der Waals surface area contributed by atoms with Crippen molar-refractivity contribution in [2.75, 3.05) is 0 Å². The SMILES string of the molecule is CCc1nn(C)c(CC)c1CNC1CC(C)(C)NC(C)(C)C1. The number of nitrogens with one attached hydrogen (secondary N) is 2. The van der Waals surface area contributed by atoms with Gasteiger partial charge in [-0.15, -0.1) is 0 Å². The predicted molar refractivity (Wildman–Crippen MR) is 93.1 cm³/mol. The van der Waals surface area contributed by atoms with Gasteiger partial charge in [-0.2, -0.15) is 5.10 Å². The number of aromatic nitrogens is 2. The predicted octanol–water partition coefficient (Wildman–Crippen LogP) is 2.94. The summed E-state index contributed by atoms with van der Waals surface area (Å²) in [5, 5.41) is 12.3. The molecule has 1 aromatic rings. The molecule has 1 aromatic heterocycles. The zero-order valence-corrected chi connectivity index (χ0v) is 15.5. The third-order valence-electron chi connectivity index (χ3n) is 4.79. The lowest BCUT2D eigenvalue weighted by Crippen LogP contribution is -2.61. The van der Waals surface area contributed by atoms with Gasteiger partial charge in [-0.25, -0.2) is 0 Å². The minimum absolute atomic E-state index is 0.190. The average molecular weight is 306 g/mol. The molecule has 4 nitrogen and oxygen atoms in total. The first kappa shape index (κ1) is 17.5. The van der Waals surface area contributed by atoms with Gasteiger partial charge in [-0.1, -0.05) is 13.8 Å². The third-order valence-corrected chi connectivity index (χ3v) is 4.79. The van der Waals surface area contributed by atoms with E-state index >= 15 is 0 Å². The highest BCUT2D eigenvalue weighted by molar-refractivity contribution is 5.26. The minimum Gasteiger partial charge on any atom is -0.310 e. The van der Waals surface area contributed by atoms with Crippen molar-refractivity contribution in [2.45, 2.75) is 90.9 Å². The normalized spacial score (nSPS) is 21.2. The zero-order valence-electron chi connectivity index (χ0n) is 15.5. The van der Waals surface area contributed by atoms with Crippen LogP contribution in [0.1, 0.15) is 71.3 Å². The molecule has 0 unspecified atom stereocenters. The fourth-order valence-corrected chi connectivity index (χ4v) is 4.31. The second kappa shape index (κ2) is 6.32. The van der Waals surface area contributed by atoms with E-state index in [4.69, 9.17) is 0 Å². The molecule has 2 N–H and O–H groups in total. The van der Waals surface area contributed by atoms with E-state index in [1.807, 2.05) is 0 Å². The summed E-state index contributed by atoms with van der Waals surface area (Å²) in [6.07, 6.45) is 4.39. The second-order valence-electron chi connectivity index (χ2n) is 8.08. The molecule has 1 saturated heterocycles. The Morgan fingerprint density at radius 1 is 1.14 bits per heavy atom. The smallest absolute Gasteiger partial charge is 0.0669 e. The minimum atomic E-state index is 0.190. The van der Waals surface area contributed by atoms with E-state index in [1.54, 1.807) is 0 Å². The molecule has 126 valence electrons. The highest BCUT2D eigenvalue weighted by atomic mass is 15.3. The maximum absolute atomic E-state index is 4.69. The number of rotatable bonds is 5. The van der Waals surface area contributed by atoms with Gasteiger partial charge in [-0.3, -0.25) is 4.68 Å². The van der Waals surface area contributed by atoms with Crippen LogP contribution in [0.5, 0.6) is 0 Å². The first-order valence-electron chi connectivity index (χ1n) is 8.74. The van der Waals surface area contributed by atoms with Crippen molar-refractivity contribution in [2.24, 2.45) is 7.05 Å². The monoisotopic (exact) mass is 306 g/mol. The van der Waals surface area contributed by atoms with Crippen molar-refractivity contribution < 1.29 is 0 Å². The van der Waals surface area contributed by atoms with Gasteiger partial charge in [0.05, 0.1) is 5.69 Å². The molecule has 0 saturated carbocycles. The van der Waals surface area contributed by atoms with Crippen LogP contribution in [0.4, 0.5) is 0 Å². The van der Waals surface area contributed by atoms with Crippen LogP contribution in [-0.4, -0.2) is 26.9 Å². The fourth-order valence-electron chi connectivity index (χ4n) is 4.31. The molecule has 22 heavy (non-hydrogen) atoms. The fraction of sp³-hybridized carbons (Fsp3) is 0.833. The summed E-state index contributed by atoms with van der Waals surface area (Å²) >= 11 is 0. The maximum Gasteiger partial charge on any atom is 0.0669 e. The molecular weight excluding hydrogens is 272 g/mol. The van der Waals surface area contributed by atoms with E-state index in [1.165, 1.54) is 29.8 Å². The number of hydrogen-bond acceptors (Lipinski definition) is 3. The average Bonchev–Trinajstić information content (AvgIpc) is 2.68. The van der Waals surface area contributed by atoms with E-state index in [2.05, 4.69) is 69.0 Å². The number of piperidine rings is 1. The Bertz CT molecular complexity index is 497. The van der Waals surface area contributed by atoms with E-state index in [0.717, 1.165) is 19.4 Å². The molecular formula is C18H34N4. The Balaban J connectivity index is 2.10. The number of aryl methyl sites for hydroxylation is 2. The lowest BCUT2D eigenvalue weighted by Gasteiger charge is -2.46. The summed E-state index contributed by atoms with van der Waals surface area (Å²) in [5.41, 5.74) is 4.42. The van der Waals surface area contributed by atoms with Crippen LogP contribution in [0.3, 0.4) is 0 Å². The van der Waals surface area contributed by atoms with Gasteiger partial charge >= 0.3 is 0 Å². The highest BCUT2D eigenvalue weighted by Crippen LogP contribution is 2.29. The van der Waals surface area contributed by atoms with Crippen LogP contribution in [0.2, 0.25) is 0 Å². The first-order chi connectivity index (χ1) is 10.2. The second-order valence-corrected chi connectivity index (χ2v) is 8.08. The lowest BCUT2D eigenvalue weighted by molar-refractivity contribution is 0.145. The molecule has 0 bridgehead atoms. The molecule has 0 amide bonds. The quantitative estimate of drug-likeness (QED) is 0.879. The van der Waals surface area contributed by atoms with Crippen molar-refractivity contribution in [3.63, 3.8) is 0 Å². The van der Waals surface area contributed by atoms with E-state index < -0.39 is 0 Å². The number of nitrogens with zero attached hydrogens (tertiary/aromatic N) is 2. The van der Waals surface area contributed by atoms with Crippen LogP contribution in [0.25, 0.3) is 0 Å². The van der Waals surface area contributed by atoms with Crippen LogP contribution < -0.4 is 10.6 Å². The summed E-state index contributed by atoms with van der Waals surface area (Å²) in [6, 6.07) is 0.556. The standard InChI is InChI=1S/C18H34N4/c1-8-15-14(16(9-2)22(7)20-15)12-19-13-10-17(3,4)21-18(5,6)11-13/h13,19,21H,8-12H2,1-7H3. The van der Waals surface area contributed by atoms with Crippen molar-refractivity contribution in [1.29, 1.82) is 0 Å². The van der Waals surface area contributed by atoms with Crippen molar-refractivity contribution >= 4 is 0 Å². The van der Waals surface area contributed by atoms with Gasteiger partial charge in [0.15, 0.2) is 0 Å². The molecule has 0 radical (unpaired) electrons. The molecule has 1 fully saturated rings. The first-order valence-corrected chi connectivity index (χ1v) is 8.74. The number of hydrogen-bond donors (Lipinski definition) is 2. The van der Waals surface area contributed by atoms with Crippen LogP contribution in [0.15, 0.2) is 0 Å². The van der Waals surface area contributed by atoms with Crippen molar-refractivity contribution in [3.05, 3.63) is 17.0 Å². The molecule has 2 rings (SSSR count). The molecule has 1 aliphatic rings. The molecule has 0 aliphatic carbocycles. The van der Waals surface area contributed by atoms with Crippen LogP contribution in [-0.2, 0) is 26.4 Å². The third kappa shape index (κ3) is 3.90. The Hall–Kier alpha value is -0.870. The van der Waals surface area contributed by atoms with Gasteiger partial charge < -0.3 is 10.6 Å². The van der Waals surface area contributed by atoms with Crippen molar-refractivity contribution in [1.82, 2.24) is 20.4 Å². The largest absolute Gasteiger partial charge is 0.310 e. The van der Waals surface area contributed by atoms with E-state index in [9.17, 15) is 0 Å². The Labute approximate surface area is 136 Å². The molecule has 0 atom stereocenters. The molecule has 0 spiro atoms. The summed E-state index contributed by atoms with van der Waals surface area (Å²) in [4.78, 5) is 0. The lowest BCUT2D eigenvalue weighted by atomic mass is 9.79. The van der Waals surface area contributed by atoms with Gasteiger partial charge in [-0.05, 0) is 53.4 Å². The maximum atomic E-state index is 4.69. The summed E-state index contributed by atoms with van der Waals surface area (Å²) in [7, 11) is 2.07. The molecule has 2 heterocycles. The van der Waals surface area contributed by atoms with E-state index in [-0.39, 0.29) is 11.1 Å². The Morgan fingerprint density at radius 3 is 2.23 bits per heavy atom. The highest BCUT2D eigenvalue weighted by Gasteiger charge is 2.37. The molecule has 1 aliphatic heterocycles. The van der Waals surface area contributed by atoms with E-state index in [0.29, 0.717) is 6.04 Å². The summed E-state index contributed by atoms with van der Waals surface area (Å²) in [5.74, 6) is 0. The summed E-state index contributed by atoms with van der Waals surface area (Å²) in [6.45, 7) is 14.6. The van der Waals surface area contributed by atoms with Crippen LogP contribution in [0, 0.1) is 0 Å². The van der Waals surface area contributed by atoms with Crippen molar-refractivity contribution in [3.8, 4) is 0 Å².